The number of carbonyl (C=O) groups is 1. The number of nitrogen functional groups attached to an aromatic ring is 1. The van der Waals surface area contributed by atoms with Crippen LogP contribution in [0.3, 0.4) is 0 Å². The van der Waals surface area contributed by atoms with Crippen LogP contribution in [0.25, 0.3) is 0 Å². The van der Waals surface area contributed by atoms with E-state index < -0.39 is 0 Å². The lowest BCUT2D eigenvalue weighted by Gasteiger charge is -2.54. The largest absolute Gasteiger partial charge is 1.00 e. The number of hydrogen-bond donors (Lipinski definition) is 1. The van der Waals surface area contributed by atoms with Crippen molar-refractivity contribution >= 4 is 40.1 Å². The fraction of sp³-hybridized carbons (Fsp3) is 0.667. The standard InChI is InChI=1S/C24H33N4O2S.2BrH/c1-14-22(31-13-28(14)12-20-11-26-15(2)27-24(20)25)3-4-30-23(29)10-21-18-6-16-5-17(8-18)9-19(21)7-16;;/h11,13,16-19,21H,3-10,12H2,1-2H3,(H2,25,26,27);2*1H/q+1;;/p-1. The molecule has 6 nitrogen and oxygen atoms in total. The summed E-state index contributed by atoms with van der Waals surface area (Å²) in [5.74, 6) is 5.25. The number of ether oxygens (including phenoxy) is 1. The SMILES string of the molecule is Br.Cc1ncc(C[n+]2csc(CCOC(=O)CC3C4CC5CC(C4)CC3C5)c2C)c(N)n1.[Br-]. The lowest BCUT2D eigenvalue weighted by molar-refractivity contribution is -0.689. The lowest BCUT2D eigenvalue weighted by atomic mass is 9.51. The highest BCUT2D eigenvalue weighted by Gasteiger charge is 2.48. The van der Waals surface area contributed by atoms with Gasteiger partial charge in [-0.2, -0.15) is 4.57 Å². The van der Waals surface area contributed by atoms with Crippen LogP contribution in [-0.4, -0.2) is 22.5 Å². The fourth-order valence-corrected chi connectivity index (χ4v) is 7.52. The van der Waals surface area contributed by atoms with Crippen LogP contribution in [0.15, 0.2) is 11.7 Å². The first kappa shape index (κ1) is 26.5. The Morgan fingerprint density at radius 3 is 2.48 bits per heavy atom. The van der Waals surface area contributed by atoms with Gasteiger partial charge in [-0.3, -0.25) is 4.79 Å². The third-order valence-corrected chi connectivity index (χ3v) is 9.08. The molecule has 2 aromatic heterocycles. The van der Waals surface area contributed by atoms with Gasteiger partial charge >= 0.3 is 5.97 Å². The molecule has 0 saturated heterocycles. The second-order valence-corrected chi connectivity index (χ2v) is 10.9. The number of nitrogens with zero attached hydrogens (tertiary/aromatic N) is 3. The summed E-state index contributed by atoms with van der Waals surface area (Å²) in [6, 6.07) is 0. The summed E-state index contributed by atoms with van der Waals surface area (Å²) in [5, 5.41) is 0. The number of aromatic nitrogens is 3. The highest BCUT2D eigenvalue weighted by Crippen LogP contribution is 2.57. The zero-order chi connectivity index (χ0) is 21.5. The molecule has 2 N–H and O–H groups in total. The van der Waals surface area contributed by atoms with Crippen LogP contribution in [0.5, 0.6) is 0 Å². The van der Waals surface area contributed by atoms with Gasteiger partial charge in [-0.15, -0.1) is 17.0 Å². The topological polar surface area (TPSA) is 82.0 Å². The van der Waals surface area contributed by atoms with Crippen molar-refractivity contribution in [3.8, 4) is 0 Å². The van der Waals surface area contributed by atoms with Gasteiger partial charge in [0.1, 0.15) is 11.6 Å². The summed E-state index contributed by atoms with van der Waals surface area (Å²) < 4.78 is 7.85. The van der Waals surface area contributed by atoms with Gasteiger partial charge in [0, 0.05) is 26.0 Å². The Morgan fingerprint density at radius 1 is 1.18 bits per heavy atom. The fourth-order valence-electron chi connectivity index (χ4n) is 6.55. The predicted molar refractivity (Wildman–Crippen MR) is 130 cm³/mol. The van der Waals surface area contributed by atoms with E-state index in [0.717, 1.165) is 35.7 Å². The van der Waals surface area contributed by atoms with Crippen molar-refractivity contribution in [2.45, 2.75) is 65.3 Å². The first-order valence-electron chi connectivity index (χ1n) is 11.7. The molecular weight excluding hydrogens is 568 g/mol. The van der Waals surface area contributed by atoms with E-state index in [1.165, 1.54) is 42.7 Å². The maximum absolute atomic E-state index is 12.6. The number of rotatable bonds is 7. The number of thiazole rings is 1. The molecule has 4 aliphatic rings. The van der Waals surface area contributed by atoms with Crippen molar-refractivity contribution in [1.82, 2.24) is 9.97 Å². The molecule has 6 rings (SSSR count). The van der Waals surface area contributed by atoms with Crippen molar-refractivity contribution in [3.63, 3.8) is 0 Å². The van der Waals surface area contributed by atoms with Crippen LogP contribution in [0.2, 0.25) is 0 Å². The maximum atomic E-state index is 12.6. The van der Waals surface area contributed by atoms with Gasteiger partial charge in [0.05, 0.1) is 17.0 Å². The Labute approximate surface area is 221 Å². The van der Waals surface area contributed by atoms with E-state index >= 15 is 0 Å². The van der Waals surface area contributed by atoms with Gasteiger partial charge < -0.3 is 27.5 Å². The molecule has 0 atom stereocenters. The average Bonchev–Trinajstić information content (AvgIpc) is 3.06. The minimum absolute atomic E-state index is 0. The number of nitrogens with two attached hydrogens (primary N) is 1. The second kappa shape index (κ2) is 11.1. The zero-order valence-electron chi connectivity index (χ0n) is 19.3. The summed E-state index contributed by atoms with van der Waals surface area (Å²) >= 11 is 1.70. The Hall–Kier alpha value is -1.06. The van der Waals surface area contributed by atoms with Crippen molar-refractivity contribution < 1.29 is 31.1 Å². The molecule has 0 amide bonds. The van der Waals surface area contributed by atoms with E-state index in [-0.39, 0.29) is 39.9 Å². The Bertz CT molecular complexity index is 955. The van der Waals surface area contributed by atoms with Crippen LogP contribution in [0.4, 0.5) is 5.82 Å². The summed E-state index contributed by atoms with van der Waals surface area (Å²) in [6.45, 7) is 5.06. The Kier molecular flexibility index (Phi) is 8.94. The first-order chi connectivity index (χ1) is 15.0. The third kappa shape index (κ3) is 5.78. The van der Waals surface area contributed by atoms with Crippen molar-refractivity contribution in [3.05, 3.63) is 33.7 Å². The van der Waals surface area contributed by atoms with Gasteiger partial charge in [0.25, 0.3) is 0 Å². The summed E-state index contributed by atoms with van der Waals surface area (Å²) in [7, 11) is 0. The van der Waals surface area contributed by atoms with Crippen LogP contribution in [0.1, 0.15) is 60.5 Å². The van der Waals surface area contributed by atoms with E-state index in [2.05, 4.69) is 27.0 Å². The Morgan fingerprint density at radius 2 is 1.85 bits per heavy atom. The average molecular weight is 602 g/mol. The molecule has 4 bridgehead atoms. The quantitative estimate of drug-likeness (QED) is 0.381. The van der Waals surface area contributed by atoms with E-state index in [0.29, 0.717) is 37.1 Å². The minimum atomic E-state index is 0. The van der Waals surface area contributed by atoms with Crippen molar-refractivity contribution in [2.24, 2.45) is 29.6 Å². The highest BCUT2D eigenvalue weighted by atomic mass is 79.9. The molecule has 33 heavy (non-hydrogen) atoms. The molecule has 182 valence electrons. The van der Waals surface area contributed by atoms with Gasteiger partial charge in [0.15, 0.2) is 12.2 Å². The Balaban J connectivity index is 0.00000153. The molecule has 2 heterocycles. The molecule has 4 saturated carbocycles. The molecule has 2 aromatic rings. The van der Waals surface area contributed by atoms with Gasteiger partial charge in [-0.05, 0) is 68.6 Å². The summed E-state index contributed by atoms with van der Waals surface area (Å²) in [4.78, 5) is 22.3. The lowest BCUT2D eigenvalue weighted by Crippen LogP contribution is -3.00. The van der Waals surface area contributed by atoms with Gasteiger partial charge in [-0.25, -0.2) is 9.97 Å². The monoisotopic (exact) mass is 600 g/mol. The predicted octanol–water partition coefficient (Wildman–Crippen LogP) is 1.20. The smallest absolute Gasteiger partial charge is 0.306 e. The maximum Gasteiger partial charge on any atom is 0.306 e. The van der Waals surface area contributed by atoms with Crippen molar-refractivity contribution in [1.29, 1.82) is 0 Å². The number of aryl methyl sites for hydroxylation is 1. The number of esters is 1. The van der Waals surface area contributed by atoms with Gasteiger partial charge in [0.2, 0.25) is 5.51 Å². The van der Waals surface area contributed by atoms with Crippen LogP contribution >= 0.6 is 28.3 Å². The minimum Gasteiger partial charge on any atom is -1.00 e. The molecule has 4 aliphatic carbocycles. The highest BCUT2D eigenvalue weighted by molar-refractivity contribution is 8.93. The zero-order valence-corrected chi connectivity index (χ0v) is 23.5. The van der Waals surface area contributed by atoms with Crippen molar-refractivity contribution in [2.75, 3.05) is 12.3 Å². The van der Waals surface area contributed by atoms with Crippen LogP contribution in [0, 0.1) is 43.4 Å². The molecular formula is C24H34Br2N4O2S. The number of carbonyl (C=O) groups excluding carboxylic acids is 1. The molecule has 0 aromatic carbocycles. The van der Waals surface area contributed by atoms with Gasteiger partial charge in [-0.1, -0.05) is 11.3 Å². The van der Waals surface area contributed by atoms with Crippen LogP contribution < -0.4 is 27.3 Å². The van der Waals surface area contributed by atoms with E-state index in [4.69, 9.17) is 10.5 Å². The first-order valence-corrected chi connectivity index (χ1v) is 12.5. The van der Waals surface area contributed by atoms with E-state index in [1.54, 1.807) is 17.5 Å². The summed E-state index contributed by atoms with van der Waals surface area (Å²) in [6.07, 6.45) is 10.1. The number of halogens is 2. The molecule has 0 spiro atoms. The number of anilines is 1. The summed E-state index contributed by atoms with van der Waals surface area (Å²) in [5.41, 5.74) is 10.2. The normalized spacial score (nSPS) is 27.0. The molecule has 0 unspecified atom stereocenters. The molecule has 4 fully saturated rings. The second-order valence-electron chi connectivity index (χ2n) is 9.96. The molecule has 0 radical (unpaired) electrons. The molecule has 0 aliphatic heterocycles. The number of hydrogen-bond acceptors (Lipinski definition) is 6. The van der Waals surface area contributed by atoms with E-state index in [9.17, 15) is 4.79 Å². The van der Waals surface area contributed by atoms with Crippen LogP contribution in [-0.2, 0) is 22.5 Å². The third-order valence-electron chi connectivity index (χ3n) is 7.93. The van der Waals surface area contributed by atoms with E-state index in [1.807, 2.05) is 6.92 Å². The molecule has 9 heteroatoms.